The summed E-state index contributed by atoms with van der Waals surface area (Å²) in [5.74, 6) is 1.50. The van der Waals surface area contributed by atoms with E-state index in [4.69, 9.17) is 13.9 Å². The van der Waals surface area contributed by atoms with Crippen molar-refractivity contribution in [2.45, 2.75) is 44.5 Å². The van der Waals surface area contributed by atoms with Crippen LogP contribution in [0.4, 0.5) is 0 Å². The molecule has 0 aromatic heterocycles. The van der Waals surface area contributed by atoms with Gasteiger partial charge < -0.3 is 19.0 Å². The summed E-state index contributed by atoms with van der Waals surface area (Å²) in [5, 5.41) is 12.1. The maximum Gasteiger partial charge on any atom is 0.192 e. The van der Waals surface area contributed by atoms with Crippen molar-refractivity contribution >= 4 is 8.32 Å². The second kappa shape index (κ2) is 10.1. The monoisotopic (exact) mass is 464 g/mol. The van der Waals surface area contributed by atoms with E-state index in [0.717, 1.165) is 28.2 Å². The van der Waals surface area contributed by atoms with E-state index in [9.17, 15) is 5.11 Å². The van der Waals surface area contributed by atoms with Crippen molar-refractivity contribution in [3.8, 4) is 11.5 Å². The minimum absolute atomic E-state index is 0.179. The second-order valence-corrected chi connectivity index (χ2v) is 14.6. The Morgan fingerprint density at radius 3 is 1.67 bits per heavy atom. The molecule has 0 aliphatic heterocycles. The molecule has 0 spiro atoms. The predicted octanol–water partition coefficient (Wildman–Crippen LogP) is 6.38. The van der Waals surface area contributed by atoms with Gasteiger partial charge in [-0.15, -0.1) is 0 Å². The van der Waals surface area contributed by atoms with Crippen molar-refractivity contribution in [3.63, 3.8) is 0 Å². The van der Waals surface area contributed by atoms with Gasteiger partial charge in [0.05, 0.1) is 13.7 Å². The molecule has 3 aromatic carbocycles. The Morgan fingerprint density at radius 2 is 1.18 bits per heavy atom. The molecule has 0 fully saturated rings. The zero-order valence-electron chi connectivity index (χ0n) is 20.6. The third-order valence-corrected chi connectivity index (χ3v) is 11.1. The van der Waals surface area contributed by atoms with E-state index >= 15 is 0 Å². The lowest BCUT2D eigenvalue weighted by Crippen LogP contribution is -2.41. The van der Waals surface area contributed by atoms with Crippen LogP contribution < -0.4 is 9.47 Å². The van der Waals surface area contributed by atoms with Gasteiger partial charge in [-0.3, -0.25) is 0 Å². The van der Waals surface area contributed by atoms with E-state index in [1.54, 1.807) is 7.11 Å². The Labute approximate surface area is 199 Å². The van der Waals surface area contributed by atoms with Crippen LogP contribution in [0.1, 0.15) is 37.5 Å². The van der Waals surface area contributed by atoms with Gasteiger partial charge in [0, 0.05) is 0 Å². The Bertz CT molecular complexity index is 1010. The van der Waals surface area contributed by atoms with Crippen molar-refractivity contribution in [2.75, 3.05) is 20.3 Å². The highest BCUT2D eigenvalue weighted by atomic mass is 28.4. The van der Waals surface area contributed by atoms with Crippen LogP contribution in [-0.4, -0.2) is 33.7 Å². The molecular weight excluding hydrogens is 428 g/mol. The molecule has 0 aliphatic carbocycles. The number of ether oxygens (including phenoxy) is 2. The van der Waals surface area contributed by atoms with Gasteiger partial charge in [-0.05, 0) is 59.1 Å². The summed E-state index contributed by atoms with van der Waals surface area (Å²) in [4.78, 5) is 0. The maximum atomic E-state index is 12.0. The molecule has 0 saturated heterocycles. The molecular formula is C28H36O4Si. The Morgan fingerprint density at radius 1 is 0.697 bits per heavy atom. The van der Waals surface area contributed by atoms with Crippen molar-refractivity contribution in [1.82, 2.24) is 0 Å². The molecule has 0 saturated carbocycles. The fraction of sp³-hybridized carbons (Fsp3) is 0.357. The smallest absolute Gasteiger partial charge is 0.192 e. The number of rotatable bonds is 9. The number of hydrogen-bond acceptors (Lipinski definition) is 4. The molecule has 1 unspecified atom stereocenters. The number of methoxy groups -OCH3 is 1. The lowest BCUT2D eigenvalue weighted by Gasteiger charge is -2.36. The van der Waals surface area contributed by atoms with Gasteiger partial charge in [0.15, 0.2) is 8.32 Å². The molecule has 0 bridgehead atoms. The van der Waals surface area contributed by atoms with Crippen molar-refractivity contribution < 1.29 is 19.0 Å². The van der Waals surface area contributed by atoms with Gasteiger partial charge >= 0.3 is 0 Å². The molecule has 33 heavy (non-hydrogen) atoms. The van der Waals surface area contributed by atoms with E-state index in [2.05, 4.69) is 33.9 Å². The maximum absolute atomic E-state index is 12.0. The average molecular weight is 465 g/mol. The fourth-order valence-corrected chi connectivity index (χ4v) is 4.50. The molecule has 0 heterocycles. The van der Waals surface area contributed by atoms with E-state index in [-0.39, 0.29) is 5.04 Å². The molecule has 3 rings (SSSR count). The van der Waals surface area contributed by atoms with Crippen LogP contribution in [0.3, 0.4) is 0 Å². The first kappa shape index (κ1) is 25.0. The lowest BCUT2D eigenvalue weighted by atomic mass is 9.80. The van der Waals surface area contributed by atoms with Gasteiger partial charge in [0.2, 0.25) is 0 Å². The highest BCUT2D eigenvalue weighted by Gasteiger charge is 2.37. The summed E-state index contributed by atoms with van der Waals surface area (Å²) >= 11 is 0. The largest absolute Gasteiger partial charge is 0.497 e. The summed E-state index contributed by atoms with van der Waals surface area (Å²) in [7, 11) is -0.147. The van der Waals surface area contributed by atoms with Gasteiger partial charge in [0.25, 0.3) is 0 Å². The molecule has 0 amide bonds. The first-order chi connectivity index (χ1) is 15.6. The number of benzene rings is 3. The van der Waals surface area contributed by atoms with E-state index < -0.39 is 13.9 Å². The summed E-state index contributed by atoms with van der Waals surface area (Å²) < 4.78 is 17.4. The zero-order chi connectivity index (χ0) is 24.1. The van der Waals surface area contributed by atoms with E-state index in [1.807, 2.05) is 78.9 Å². The van der Waals surface area contributed by atoms with Crippen LogP contribution in [0.25, 0.3) is 0 Å². The third kappa shape index (κ3) is 5.67. The highest BCUT2D eigenvalue weighted by molar-refractivity contribution is 6.74. The van der Waals surface area contributed by atoms with E-state index in [1.165, 1.54) is 0 Å². The molecule has 0 aliphatic rings. The zero-order valence-corrected chi connectivity index (χ0v) is 21.6. The van der Waals surface area contributed by atoms with Gasteiger partial charge in [-0.1, -0.05) is 75.4 Å². The summed E-state index contributed by atoms with van der Waals surface area (Å²) in [6, 6.07) is 24.9. The van der Waals surface area contributed by atoms with Crippen molar-refractivity contribution in [1.29, 1.82) is 0 Å². The highest BCUT2D eigenvalue weighted by Crippen LogP contribution is 2.38. The fourth-order valence-electron chi connectivity index (χ4n) is 3.48. The molecule has 1 N–H and O–H groups in total. The van der Waals surface area contributed by atoms with Crippen molar-refractivity contribution in [3.05, 3.63) is 95.6 Å². The molecule has 1 atom stereocenters. The minimum atomic E-state index is -1.78. The SMILES string of the molecule is COc1ccc(C(O)(c2ccccc2)c2ccc(OCCO[Si](C)(C)C(C)(C)C)cc2)cc1. The molecule has 176 valence electrons. The number of aliphatic hydroxyl groups is 1. The molecule has 0 radical (unpaired) electrons. The Kier molecular flexibility index (Phi) is 7.68. The summed E-state index contributed by atoms with van der Waals surface area (Å²) in [6.45, 7) is 12.2. The van der Waals surface area contributed by atoms with Crippen LogP contribution in [0.2, 0.25) is 18.1 Å². The Hall–Kier alpha value is -2.60. The third-order valence-electron chi connectivity index (χ3n) is 6.59. The standard InChI is InChI=1S/C28H36O4Si/c1-27(2,3)33(5,6)32-21-20-31-26-18-14-24(15-19-26)28(29,22-10-8-7-9-11-22)23-12-16-25(30-4)17-13-23/h7-19,29H,20-21H2,1-6H3. The van der Waals surface area contributed by atoms with Crippen LogP contribution in [0, 0.1) is 0 Å². The van der Waals surface area contributed by atoms with Crippen LogP contribution in [0.5, 0.6) is 11.5 Å². The first-order valence-corrected chi connectivity index (χ1v) is 14.3. The topological polar surface area (TPSA) is 47.9 Å². The number of hydrogen-bond donors (Lipinski definition) is 1. The Balaban J connectivity index is 1.78. The summed E-state index contributed by atoms with van der Waals surface area (Å²) in [6.07, 6.45) is 0. The normalized spacial score (nSPS) is 13.9. The van der Waals surface area contributed by atoms with Crippen LogP contribution in [0.15, 0.2) is 78.9 Å². The quantitative estimate of drug-likeness (QED) is 0.227. The predicted molar refractivity (Wildman–Crippen MR) is 137 cm³/mol. The molecule has 4 nitrogen and oxygen atoms in total. The second-order valence-electron chi connectivity index (χ2n) is 9.79. The average Bonchev–Trinajstić information content (AvgIpc) is 2.81. The van der Waals surface area contributed by atoms with Gasteiger partial charge in [-0.2, -0.15) is 0 Å². The van der Waals surface area contributed by atoms with Crippen LogP contribution in [-0.2, 0) is 10.0 Å². The van der Waals surface area contributed by atoms with Crippen molar-refractivity contribution in [2.24, 2.45) is 0 Å². The first-order valence-electron chi connectivity index (χ1n) is 11.4. The molecule has 5 heteroatoms. The van der Waals surface area contributed by atoms with Gasteiger partial charge in [0.1, 0.15) is 23.7 Å². The molecule has 3 aromatic rings. The van der Waals surface area contributed by atoms with E-state index in [0.29, 0.717) is 13.2 Å². The van der Waals surface area contributed by atoms with Gasteiger partial charge in [-0.25, -0.2) is 0 Å². The minimum Gasteiger partial charge on any atom is -0.497 e. The summed E-state index contributed by atoms with van der Waals surface area (Å²) in [5.41, 5.74) is 1.04. The lowest BCUT2D eigenvalue weighted by molar-refractivity contribution is 0.125. The van der Waals surface area contributed by atoms with Crippen LogP contribution >= 0.6 is 0 Å².